The number of fused-ring (bicyclic) bond motifs is 1. The molecule has 0 fully saturated rings. The lowest BCUT2D eigenvalue weighted by Crippen LogP contribution is -2.13. The smallest absolute Gasteiger partial charge is 0.220 e. The normalized spacial score (nSPS) is 23.6. The summed E-state index contributed by atoms with van der Waals surface area (Å²) in [5.41, 5.74) is 1.84. The summed E-state index contributed by atoms with van der Waals surface area (Å²) < 4.78 is 4.97. The summed E-state index contributed by atoms with van der Waals surface area (Å²) in [6.07, 6.45) is 4.19. The second-order valence-corrected chi connectivity index (χ2v) is 4.23. The highest BCUT2D eigenvalue weighted by Gasteiger charge is 2.31. The van der Waals surface area contributed by atoms with E-state index in [1.54, 1.807) is 12.2 Å². The van der Waals surface area contributed by atoms with Crippen molar-refractivity contribution in [2.45, 2.75) is 25.8 Å². The van der Waals surface area contributed by atoms with E-state index in [0.717, 1.165) is 17.7 Å². The fourth-order valence-electron chi connectivity index (χ4n) is 1.83. The molecule has 0 atom stereocenters. The summed E-state index contributed by atoms with van der Waals surface area (Å²) in [6, 6.07) is 0. The summed E-state index contributed by atoms with van der Waals surface area (Å²) in [7, 11) is 1.50. The minimum Gasteiger partial charge on any atom is -0.493 e. The summed E-state index contributed by atoms with van der Waals surface area (Å²) in [5, 5.41) is 0. The van der Waals surface area contributed by atoms with Crippen LogP contribution in [-0.4, -0.2) is 24.1 Å². The van der Waals surface area contributed by atoms with Gasteiger partial charge in [0.25, 0.3) is 0 Å². The van der Waals surface area contributed by atoms with Gasteiger partial charge >= 0.3 is 0 Å². The fraction of sp³-hybridized carbons (Fsp3) is 0.455. The number of methoxy groups -OCH3 is 1. The van der Waals surface area contributed by atoms with Crippen molar-refractivity contribution in [1.29, 1.82) is 0 Å². The first-order chi connectivity index (χ1) is 6.52. The van der Waals surface area contributed by atoms with E-state index in [2.05, 4.69) is 18.8 Å². The third-order valence-corrected chi connectivity index (χ3v) is 2.41. The average Bonchev–Trinajstić information content (AvgIpc) is 2.36. The lowest BCUT2D eigenvalue weighted by Gasteiger charge is -2.11. The molecule has 0 aromatic carbocycles. The van der Waals surface area contributed by atoms with Crippen molar-refractivity contribution in [3.8, 4) is 0 Å². The maximum absolute atomic E-state index is 11.5. The SMILES string of the molecule is COC1=CC2=NC(C)(C)CC2=CC1=O. The topological polar surface area (TPSA) is 38.7 Å². The van der Waals surface area contributed by atoms with E-state index in [9.17, 15) is 4.79 Å². The second-order valence-electron chi connectivity index (χ2n) is 4.23. The van der Waals surface area contributed by atoms with E-state index in [0.29, 0.717) is 5.76 Å². The van der Waals surface area contributed by atoms with Gasteiger partial charge in [-0.2, -0.15) is 0 Å². The zero-order valence-electron chi connectivity index (χ0n) is 8.63. The summed E-state index contributed by atoms with van der Waals surface area (Å²) >= 11 is 0. The van der Waals surface area contributed by atoms with Crippen LogP contribution in [0.3, 0.4) is 0 Å². The predicted octanol–water partition coefficient (Wildman–Crippen LogP) is 1.65. The van der Waals surface area contributed by atoms with Crippen molar-refractivity contribution in [2.24, 2.45) is 4.99 Å². The number of hydrogen-bond donors (Lipinski definition) is 0. The zero-order valence-corrected chi connectivity index (χ0v) is 8.63. The molecular formula is C11H13NO2. The molecule has 2 rings (SSSR count). The van der Waals surface area contributed by atoms with Gasteiger partial charge in [-0.25, -0.2) is 0 Å². The van der Waals surface area contributed by atoms with Gasteiger partial charge in [0.05, 0.1) is 18.4 Å². The van der Waals surface area contributed by atoms with Gasteiger partial charge in [-0.1, -0.05) is 0 Å². The van der Waals surface area contributed by atoms with Crippen molar-refractivity contribution in [3.63, 3.8) is 0 Å². The number of aliphatic imine (C=N–C) groups is 1. The summed E-state index contributed by atoms with van der Waals surface area (Å²) in [4.78, 5) is 16.0. The Morgan fingerprint density at radius 3 is 2.79 bits per heavy atom. The molecule has 3 heteroatoms. The minimum absolute atomic E-state index is 0.0563. The highest BCUT2D eigenvalue weighted by atomic mass is 16.5. The number of rotatable bonds is 1. The van der Waals surface area contributed by atoms with Crippen LogP contribution in [0.1, 0.15) is 20.3 Å². The van der Waals surface area contributed by atoms with Gasteiger partial charge < -0.3 is 4.74 Å². The minimum atomic E-state index is -0.0822. The third-order valence-electron chi connectivity index (χ3n) is 2.41. The first-order valence-corrected chi connectivity index (χ1v) is 4.63. The van der Waals surface area contributed by atoms with Crippen LogP contribution in [0.4, 0.5) is 0 Å². The molecule has 0 unspecified atom stereocenters. The molecule has 3 nitrogen and oxygen atoms in total. The molecule has 14 heavy (non-hydrogen) atoms. The van der Waals surface area contributed by atoms with Crippen LogP contribution < -0.4 is 0 Å². The monoisotopic (exact) mass is 191 g/mol. The number of carbonyl (C=O) groups is 1. The molecule has 1 aliphatic carbocycles. The summed E-state index contributed by atoms with van der Waals surface area (Å²) in [6.45, 7) is 4.12. The van der Waals surface area contributed by atoms with Gasteiger partial charge in [0, 0.05) is 6.08 Å². The molecule has 0 radical (unpaired) electrons. The number of nitrogens with zero attached hydrogens (tertiary/aromatic N) is 1. The van der Waals surface area contributed by atoms with Gasteiger partial charge in [-0.05, 0) is 31.9 Å². The molecule has 0 amide bonds. The van der Waals surface area contributed by atoms with Crippen LogP contribution in [0.2, 0.25) is 0 Å². The molecule has 0 bridgehead atoms. The van der Waals surface area contributed by atoms with E-state index < -0.39 is 0 Å². The van der Waals surface area contributed by atoms with Crippen LogP contribution in [0.5, 0.6) is 0 Å². The molecular weight excluding hydrogens is 178 g/mol. The Morgan fingerprint density at radius 2 is 2.14 bits per heavy atom. The highest BCUT2D eigenvalue weighted by molar-refractivity contribution is 6.22. The Morgan fingerprint density at radius 1 is 1.43 bits per heavy atom. The first-order valence-electron chi connectivity index (χ1n) is 4.63. The molecule has 0 saturated carbocycles. The van der Waals surface area contributed by atoms with Crippen molar-refractivity contribution < 1.29 is 9.53 Å². The van der Waals surface area contributed by atoms with E-state index >= 15 is 0 Å². The number of allylic oxidation sites excluding steroid dienone is 2. The first kappa shape index (κ1) is 9.19. The van der Waals surface area contributed by atoms with Crippen LogP contribution in [0, 0.1) is 0 Å². The van der Waals surface area contributed by atoms with Gasteiger partial charge in [-0.15, -0.1) is 0 Å². The molecule has 0 saturated heterocycles. The molecule has 1 heterocycles. The number of hydrogen-bond acceptors (Lipinski definition) is 3. The molecule has 0 spiro atoms. The van der Waals surface area contributed by atoms with Crippen LogP contribution >= 0.6 is 0 Å². The quantitative estimate of drug-likeness (QED) is 0.591. The maximum atomic E-state index is 11.5. The van der Waals surface area contributed by atoms with Crippen LogP contribution in [0.15, 0.2) is 28.5 Å². The van der Waals surface area contributed by atoms with Crippen molar-refractivity contribution in [1.82, 2.24) is 0 Å². The van der Waals surface area contributed by atoms with Crippen molar-refractivity contribution in [2.75, 3.05) is 7.11 Å². The average molecular weight is 191 g/mol. The Balaban J connectivity index is 2.41. The van der Waals surface area contributed by atoms with Gasteiger partial charge in [0.2, 0.25) is 5.78 Å². The molecule has 0 N–H and O–H groups in total. The number of ketones is 1. The van der Waals surface area contributed by atoms with Crippen molar-refractivity contribution >= 4 is 11.5 Å². The van der Waals surface area contributed by atoms with Gasteiger partial charge in [0.15, 0.2) is 5.76 Å². The highest BCUT2D eigenvalue weighted by Crippen LogP contribution is 2.32. The van der Waals surface area contributed by atoms with Gasteiger partial charge in [-0.3, -0.25) is 9.79 Å². The summed E-state index contributed by atoms with van der Waals surface area (Å²) in [5.74, 6) is 0.323. The standard InChI is InChI=1S/C11H13NO2/c1-11(2)6-7-4-9(13)10(14-3)5-8(7)12-11/h4-5H,6H2,1-3H3. The van der Waals surface area contributed by atoms with E-state index in [1.165, 1.54) is 7.11 Å². The largest absolute Gasteiger partial charge is 0.493 e. The Kier molecular flexibility index (Phi) is 1.84. The van der Waals surface area contributed by atoms with Crippen molar-refractivity contribution in [3.05, 3.63) is 23.5 Å². The number of carbonyl (C=O) groups excluding carboxylic acids is 1. The maximum Gasteiger partial charge on any atom is 0.220 e. The molecule has 2 aliphatic rings. The third kappa shape index (κ3) is 1.39. The van der Waals surface area contributed by atoms with Crippen LogP contribution in [0.25, 0.3) is 0 Å². The van der Waals surface area contributed by atoms with E-state index in [-0.39, 0.29) is 11.3 Å². The fourth-order valence-corrected chi connectivity index (χ4v) is 1.83. The van der Waals surface area contributed by atoms with E-state index in [4.69, 9.17) is 4.74 Å². The van der Waals surface area contributed by atoms with E-state index in [1.807, 2.05) is 0 Å². The Bertz CT molecular complexity index is 386. The van der Waals surface area contributed by atoms with Gasteiger partial charge in [0.1, 0.15) is 0 Å². The second kappa shape index (κ2) is 2.80. The molecule has 74 valence electrons. The lowest BCUT2D eigenvalue weighted by atomic mass is 9.95. The molecule has 0 aromatic heterocycles. The Hall–Kier alpha value is -1.38. The Labute approximate surface area is 83.2 Å². The lowest BCUT2D eigenvalue weighted by molar-refractivity contribution is -0.114. The van der Waals surface area contributed by atoms with Crippen LogP contribution in [-0.2, 0) is 9.53 Å². The predicted molar refractivity (Wildman–Crippen MR) is 54.3 cm³/mol. The molecule has 1 aliphatic heterocycles. The number of ether oxygens (including phenoxy) is 1. The molecule has 0 aromatic rings. The zero-order chi connectivity index (χ0) is 10.3.